The van der Waals surface area contributed by atoms with Crippen LogP contribution in [0.1, 0.15) is 214 Å². The van der Waals surface area contributed by atoms with Gasteiger partial charge in [-0.25, -0.2) is 9.59 Å². The van der Waals surface area contributed by atoms with Gasteiger partial charge in [0.25, 0.3) is 0 Å². The SMILES string of the molecule is CCCCCCCCCCCCCCCCCCCCCCCCOC(=O)c1cccc2cccc(C(=O)OCCCCCCCC)c12. The van der Waals surface area contributed by atoms with Crippen molar-refractivity contribution >= 4 is 22.7 Å². The van der Waals surface area contributed by atoms with Gasteiger partial charge in [0.05, 0.1) is 24.3 Å². The van der Waals surface area contributed by atoms with Gasteiger partial charge in [0.1, 0.15) is 0 Å². The zero-order chi connectivity index (χ0) is 34.3. The topological polar surface area (TPSA) is 52.6 Å². The fourth-order valence-electron chi connectivity index (χ4n) is 6.76. The molecule has 0 spiro atoms. The average molecular weight is 665 g/mol. The molecule has 0 amide bonds. The van der Waals surface area contributed by atoms with Crippen LogP contribution in [0.3, 0.4) is 0 Å². The van der Waals surface area contributed by atoms with Crippen LogP contribution in [0.15, 0.2) is 36.4 Å². The predicted molar refractivity (Wildman–Crippen MR) is 205 cm³/mol. The van der Waals surface area contributed by atoms with Gasteiger partial charge >= 0.3 is 11.9 Å². The number of hydrogen-bond acceptors (Lipinski definition) is 4. The van der Waals surface area contributed by atoms with Gasteiger partial charge in [-0.2, -0.15) is 0 Å². The van der Waals surface area contributed by atoms with Crippen molar-refractivity contribution in [1.82, 2.24) is 0 Å². The van der Waals surface area contributed by atoms with Crippen molar-refractivity contribution < 1.29 is 19.1 Å². The number of fused-ring (bicyclic) bond motifs is 1. The van der Waals surface area contributed by atoms with E-state index >= 15 is 0 Å². The molecule has 0 aliphatic carbocycles. The lowest BCUT2D eigenvalue weighted by molar-refractivity contribution is 0.0498. The number of benzene rings is 2. The Labute approximate surface area is 295 Å². The summed E-state index contributed by atoms with van der Waals surface area (Å²) in [6, 6.07) is 11.1. The van der Waals surface area contributed by atoms with Crippen molar-refractivity contribution in [2.75, 3.05) is 13.2 Å². The average Bonchev–Trinajstić information content (AvgIpc) is 3.10. The largest absolute Gasteiger partial charge is 0.462 e. The zero-order valence-electron chi connectivity index (χ0n) is 31.3. The first-order chi connectivity index (χ1) is 23.7. The van der Waals surface area contributed by atoms with Crippen LogP contribution in [0, 0.1) is 0 Å². The summed E-state index contributed by atoms with van der Waals surface area (Å²) in [5.74, 6) is -0.728. The molecule has 2 aromatic rings. The van der Waals surface area contributed by atoms with Crippen LogP contribution >= 0.6 is 0 Å². The molecule has 0 aliphatic heterocycles. The second-order valence-corrected chi connectivity index (χ2v) is 14.2. The number of esters is 2. The van der Waals surface area contributed by atoms with Gasteiger partial charge in [0.15, 0.2) is 0 Å². The summed E-state index contributed by atoms with van der Waals surface area (Å²) in [6.45, 7) is 5.33. The summed E-state index contributed by atoms with van der Waals surface area (Å²) < 4.78 is 11.3. The van der Waals surface area contributed by atoms with Gasteiger partial charge in [-0.15, -0.1) is 0 Å². The molecule has 4 heteroatoms. The second-order valence-electron chi connectivity index (χ2n) is 14.2. The zero-order valence-corrected chi connectivity index (χ0v) is 31.3. The van der Waals surface area contributed by atoms with Gasteiger partial charge in [-0.1, -0.05) is 205 Å². The van der Waals surface area contributed by atoms with Gasteiger partial charge < -0.3 is 9.47 Å². The highest BCUT2D eigenvalue weighted by Gasteiger charge is 2.19. The Kier molecular flexibility index (Phi) is 25.7. The van der Waals surface area contributed by atoms with Crippen LogP contribution in [-0.4, -0.2) is 25.2 Å². The molecule has 2 aromatic carbocycles. The van der Waals surface area contributed by atoms with Crippen molar-refractivity contribution in [1.29, 1.82) is 0 Å². The first kappa shape index (κ1) is 41.8. The maximum Gasteiger partial charge on any atom is 0.338 e. The lowest BCUT2D eigenvalue weighted by atomic mass is 9.99. The van der Waals surface area contributed by atoms with Crippen LogP contribution in [-0.2, 0) is 9.47 Å². The Morgan fingerprint density at radius 1 is 0.396 bits per heavy atom. The van der Waals surface area contributed by atoms with E-state index in [-0.39, 0.29) is 11.9 Å². The summed E-state index contributed by atoms with van der Waals surface area (Å²) >= 11 is 0. The Bertz CT molecular complexity index is 1070. The number of unbranched alkanes of at least 4 members (excludes halogenated alkanes) is 26. The van der Waals surface area contributed by atoms with Crippen LogP contribution in [0.2, 0.25) is 0 Å². The Morgan fingerprint density at radius 3 is 0.958 bits per heavy atom. The summed E-state index contributed by atoms with van der Waals surface area (Å²) in [7, 11) is 0. The highest BCUT2D eigenvalue weighted by molar-refractivity contribution is 6.13. The minimum absolute atomic E-state index is 0.361. The van der Waals surface area contributed by atoms with E-state index in [0.717, 1.165) is 31.1 Å². The molecule has 2 rings (SSSR count). The Morgan fingerprint density at radius 2 is 0.667 bits per heavy atom. The first-order valence-corrected chi connectivity index (χ1v) is 20.5. The van der Waals surface area contributed by atoms with E-state index in [0.29, 0.717) is 29.7 Å². The molecule has 0 bridgehead atoms. The molecule has 0 unspecified atom stereocenters. The van der Waals surface area contributed by atoms with Gasteiger partial charge in [0.2, 0.25) is 0 Å². The molecule has 0 N–H and O–H groups in total. The molecule has 0 saturated heterocycles. The summed E-state index contributed by atoms with van der Waals surface area (Å²) in [5, 5.41) is 1.48. The van der Waals surface area contributed by atoms with E-state index in [2.05, 4.69) is 13.8 Å². The van der Waals surface area contributed by atoms with Crippen LogP contribution < -0.4 is 0 Å². The van der Waals surface area contributed by atoms with Crippen LogP contribution in [0.25, 0.3) is 10.8 Å². The first-order valence-electron chi connectivity index (χ1n) is 20.5. The number of carbonyl (C=O) groups excluding carboxylic acids is 2. The van der Waals surface area contributed by atoms with Crippen molar-refractivity contribution in [3.05, 3.63) is 47.5 Å². The van der Waals surface area contributed by atoms with Crippen molar-refractivity contribution in [3.8, 4) is 0 Å². The Balaban J connectivity index is 1.48. The lowest BCUT2D eigenvalue weighted by Gasteiger charge is -2.12. The maximum atomic E-state index is 13.1. The van der Waals surface area contributed by atoms with Gasteiger partial charge in [0, 0.05) is 5.39 Å². The molecule has 0 atom stereocenters. The quantitative estimate of drug-likeness (QED) is 0.0577. The molecule has 0 aliphatic rings. The predicted octanol–water partition coefficient (Wildman–Crippen LogP) is 14.1. The van der Waals surface area contributed by atoms with Crippen molar-refractivity contribution in [2.45, 2.75) is 194 Å². The van der Waals surface area contributed by atoms with Gasteiger partial charge in [-0.05, 0) is 30.4 Å². The Hall–Kier alpha value is -2.36. The summed E-state index contributed by atoms with van der Waals surface area (Å²) in [6.07, 6.45) is 36.7. The molecular weight excluding hydrogens is 592 g/mol. The van der Waals surface area contributed by atoms with E-state index in [9.17, 15) is 9.59 Å². The number of carbonyl (C=O) groups is 2. The molecule has 0 fully saturated rings. The lowest BCUT2D eigenvalue weighted by Crippen LogP contribution is -2.11. The summed E-state index contributed by atoms with van der Waals surface area (Å²) in [4.78, 5) is 26.0. The smallest absolute Gasteiger partial charge is 0.338 e. The third-order valence-electron chi connectivity index (χ3n) is 9.81. The monoisotopic (exact) mass is 665 g/mol. The standard InChI is InChI=1S/C44H72O4/c1-3-5-7-9-11-12-13-14-15-16-17-18-19-20-21-22-23-24-25-26-28-30-38-48-44(46)41-36-32-34-39-33-31-35-40(42(39)41)43(45)47-37-29-27-10-8-6-4-2/h31-36H,3-30,37-38H2,1-2H3. The van der Waals surface area contributed by atoms with E-state index < -0.39 is 0 Å². The van der Waals surface area contributed by atoms with E-state index in [1.54, 1.807) is 12.1 Å². The molecule has 0 aromatic heterocycles. The van der Waals surface area contributed by atoms with Crippen molar-refractivity contribution in [3.63, 3.8) is 0 Å². The number of ether oxygens (including phenoxy) is 2. The van der Waals surface area contributed by atoms with E-state index in [4.69, 9.17) is 9.47 Å². The number of rotatable bonds is 32. The minimum atomic E-state index is -0.367. The molecule has 0 saturated carbocycles. The highest BCUT2D eigenvalue weighted by atomic mass is 16.5. The molecule has 0 heterocycles. The normalized spacial score (nSPS) is 11.3. The van der Waals surface area contributed by atoms with Gasteiger partial charge in [-0.3, -0.25) is 0 Å². The maximum absolute atomic E-state index is 13.1. The molecule has 272 valence electrons. The van der Waals surface area contributed by atoms with Crippen LogP contribution in [0.5, 0.6) is 0 Å². The molecule has 4 nitrogen and oxygen atoms in total. The molecule has 48 heavy (non-hydrogen) atoms. The third kappa shape index (κ3) is 19.6. The van der Waals surface area contributed by atoms with E-state index in [1.807, 2.05) is 24.3 Å². The molecule has 0 radical (unpaired) electrons. The molecular formula is C44H72O4. The fraction of sp³-hybridized carbons (Fsp3) is 0.727. The van der Waals surface area contributed by atoms with E-state index in [1.165, 1.54) is 154 Å². The minimum Gasteiger partial charge on any atom is -0.462 e. The fourth-order valence-corrected chi connectivity index (χ4v) is 6.76. The third-order valence-corrected chi connectivity index (χ3v) is 9.81. The highest BCUT2D eigenvalue weighted by Crippen LogP contribution is 2.25. The summed E-state index contributed by atoms with van der Waals surface area (Å²) in [5.41, 5.74) is 0.883. The second kappa shape index (κ2) is 29.5. The van der Waals surface area contributed by atoms with Crippen LogP contribution in [0.4, 0.5) is 0 Å². The number of hydrogen-bond donors (Lipinski definition) is 0. The van der Waals surface area contributed by atoms with Crippen molar-refractivity contribution in [2.24, 2.45) is 0 Å².